The van der Waals surface area contributed by atoms with Crippen LogP contribution in [0.3, 0.4) is 0 Å². The van der Waals surface area contributed by atoms with Gasteiger partial charge in [0.15, 0.2) is 0 Å². The summed E-state index contributed by atoms with van der Waals surface area (Å²) in [6.07, 6.45) is -0.410. The SMILES string of the molecule is COc1ccc(S(=O)(=O)N(C)CCc2ccccc2)cc1N1CCN(C(=O)[C@H](OC(C)=O)c2ccccc2)CC1. The van der Waals surface area contributed by atoms with Crippen molar-refractivity contribution < 1.29 is 27.5 Å². The second kappa shape index (κ2) is 13.0. The van der Waals surface area contributed by atoms with Crippen LogP contribution in [0.1, 0.15) is 24.2 Å². The molecule has 0 bridgehead atoms. The maximum absolute atomic E-state index is 13.4. The van der Waals surface area contributed by atoms with E-state index in [9.17, 15) is 18.0 Å². The van der Waals surface area contributed by atoms with Gasteiger partial charge < -0.3 is 19.3 Å². The van der Waals surface area contributed by atoms with Gasteiger partial charge in [-0.25, -0.2) is 12.7 Å². The van der Waals surface area contributed by atoms with Gasteiger partial charge in [-0.1, -0.05) is 60.7 Å². The lowest BCUT2D eigenvalue weighted by atomic mass is 10.1. The van der Waals surface area contributed by atoms with Crippen LogP contribution in [0.15, 0.2) is 83.8 Å². The number of ether oxygens (including phenoxy) is 2. The minimum absolute atomic E-state index is 0.177. The number of amides is 1. The topological polar surface area (TPSA) is 96.5 Å². The number of nitrogens with zero attached hydrogens (tertiary/aromatic N) is 3. The minimum atomic E-state index is -3.73. The minimum Gasteiger partial charge on any atom is -0.495 e. The zero-order chi connectivity index (χ0) is 28.7. The number of hydrogen-bond donors (Lipinski definition) is 0. The van der Waals surface area contributed by atoms with Crippen LogP contribution in [0.25, 0.3) is 0 Å². The summed E-state index contributed by atoms with van der Waals surface area (Å²) in [5.74, 6) is -0.269. The number of sulfonamides is 1. The molecule has 0 saturated carbocycles. The molecule has 1 aliphatic heterocycles. The molecule has 0 radical (unpaired) electrons. The van der Waals surface area contributed by atoms with E-state index in [0.717, 1.165) is 5.56 Å². The normalized spacial score (nSPS) is 14.6. The van der Waals surface area contributed by atoms with Gasteiger partial charge in [-0.3, -0.25) is 9.59 Å². The molecule has 3 aromatic carbocycles. The number of benzene rings is 3. The van der Waals surface area contributed by atoms with Crippen molar-refractivity contribution >= 4 is 27.6 Å². The molecule has 0 aromatic heterocycles. The molecule has 1 aliphatic rings. The van der Waals surface area contributed by atoms with Crippen LogP contribution >= 0.6 is 0 Å². The summed E-state index contributed by atoms with van der Waals surface area (Å²) in [4.78, 5) is 28.9. The van der Waals surface area contributed by atoms with Crippen molar-refractivity contribution in [3.05, 3.63) is 90.0 Å². The Morgan fingerprint density at radius 2 is 1.55 bits per heavy atom. The number of rotatable bonds is 10. The highest BCUT2D eigenvalue weighted by molar-refractivity contribution is 7.89. The average molecular weight is 566 g/mol. The number of methoxy groups -OCH3 is 1. The third-order valence-corrected chi connectivity index (χ3v) is 8.81. The second-order valence-corrected chi connectivity index (χ2v) is 11.7. The molecule has 0 unspecified atom stereocenters. The van der Waals surface area contributed by atoms with Gasteiger partial charge in [0.1, 0.15) is 5.75 Å². The summed E-state index contributed by atoms with van der Waals surface area (Å²) in [5, 5.41) is 0. The number of carbonyl (C=O) groups excluding carboxylic acids is 2. The molecule has 212 valence electrons. The van der Waals surface area contributed by atoms with Crippen molar-refractivity contribution in [1.82, 2.24) is 9.21 Å². The van der Waals surface area contributed by atoms with E-state index in [1.54, 1.807) is 61.5 Å². The highest BCUT2D eigenvalue weighted by atomic mass is 32.2. The largest absolute Gasteiger partial charge is 0.495 e. The van der Waals surface area contributed by atoms with E-state index in [-0.39, 0.29) is 10.8 Å². The lowest BCUT2D eigenvalue weighted by Gasteiger charge is -2.38. The van der Waals surface area contributed by atoms with Gasteiger partial charge in [-0.05, 0) is 30.2 Å². The van der Waals surface area contributed by atoms with Gasteiger partial charge in [0.2, 0.25) is 16.1 Å². The van der Waals surface area contributed by atoms with Gasteiger partial charge >= 0.3 is 5.97 Å². The Balaban J connectivity index is 1.47. The van der Waals surface area contributed by atoms with Gasteiger partial charge in [0.05, 0.1) is 17.7 Å². The molecule has 40 heavy (non-hydrogen) atoms. The first kappa shape index (κ1) is 29.1. The molecule has 1 heterocycles. The van der Waals surface area contributed by atoms with Crippen LogP contribution in [0.4, 0.5) is 5.69 Å². The highest BCUT2D eigenvalue weighted by Gasteiger charge is 2.32. The molecule has 1 saturated heterocycles. The van der Waals surface area contributed by atoms with E-state index >= 15 is 0 Å². The molecule has 0 spiro atoms. The number of anilines is 1. The third kappa shape index (κ3) is 6.81. The Kier molecular flexibility index (Phi) is 9.44. The lowest BCUT2D eigenvalue weighted by molar-refractivity contribution is -0.159. The molecule has 4 rings (SSSR count). The standard InChI is InChI=1S/C30H35N3O6S/c1-23(34)39-29(25-12-8-5-9-13-25)30(35)33-20-18-32(19-21-33)27-22-26(14-15-28(27)38-3)40(36,37)31(2)17-16-24-10-6-4-7-11-24/h4-15,22,29H,16-21H2,1-3H3/t29-/m1/s1. The van der Waals surface area contributed by atoms with Crippen molar-refractivity contribution in [2.45, 2.75) is 24.3 Å². The van der Waals surface area contributed by atoms with Crippen molar-refractivity contribution in [3.8, 4) is 5.75 Å². The molecule has 1 fully saturated rings. The van der Waals surface area contributed by atoms with Crippen LogP contribution in [-0.4, -0.2) is 76.4 Å². The van der Waals surface area contributed by atoms with Crippen LogP contribution in [0.2, 0.25) is 0 Å². The Hall–Kier alpha value is -3.89. The molecule has 9 nitrogen and oxygen atoms in total. The Morgan fingerprint density at radius 1 is 0.925 bits per heavy atom. The van der Waals surface area contributed by atoms with Gasteiger partial charge in [0, 0.05) is 52.3 Å². The second-order valence-electron chi connectivity index (χ2n) is 9.61. The van der Waals surface area contributed by atoms with Crippen LogP contribution in [0.5, 0.6) is 5.75 Å². The number of carbonyl (C=O) groups is 2. The third-order valence-electron chi connectivity index (χ3n) is 6.96. The molecule has 0 aliphatic carbocycles. The van der Waals surface area contributed by atoms with Crippen LogP contribution < -0.4 is 9.64 Å². The quantitative estimate of drug-likeness (QED) is 0.347. The first-order chi connectivity index (χ1) is 19.2. The zero-order valence-corrected chi connectivity index (χ0v) is 23.8. The van der Waals surface area contributed by atoms with Crippen LogP contribution in [-0.2, 0) is 30.8 Å². The van der Waals surface area contributed by atoms with Crippen molar-refractivity contribution in [2.75, 3.05) is 51.8 Å². The highest BCUT2D eigenvalue weighted by Crippen LogP contribution is 2.33. The smallest absolute Gasteiger partial charge is 0.303 e. The fourth-order valence-corrected chi connectivity index (χ4v) is 5.89. The maximum Gasteiger partial charge on any atom is 0.303 e. The van der Waals surface area contributed by atoms with E-state index in [4.69, 9.17) is 9.47 Å². The van der Waals surface area contributed by atoms with Gasteiger partial charge in [-0.2, -0.15) is 0 Å². The number of likely N-dealkylation sites (N-methyl/N-ethyl adjacent to an activating group) is 1. The Bertz CT molecular complexity index is 1410. The Labute approximate surface area is 236 Å². The molecule has 0 N–H and O–H groups in total. The fourth-order valence-electron chi connectivity index (χ4n) is 4.70. The van der Waals surface area contributed by atoms with Gasteiger partial charge in [-0.15, -0.1) is 0 Å². The first-order valence-electron chi connectivity index (χ1n) is 13.1. The summed E-state index contributed by atoms with van der Waals surface area (Å²) in [5.41, 5.74) is 2.32. The van der Waals surface area contributed by atoms with E-state index in [1.165, 1.54) is 11.2 Å². The van der Waals surface area contributed by atoms with E-state index in [2.05, 4.69) is 0 Å². The van der Waals surface area contributed by atoms with Crippen molar-refractivity contribution in [3.63, 3.8) is 0 Å². The molecule has 1 amide bonds. The molecule has 3 aromatic rings. The van der Waals surface area contributed by atoms with Crippen molar-refractivity contribution in [2.24, 2.45) is 0 Å². The molecular weight excluding hydrogens is 530 g/mol. The maximum atomic E-state index is 13.4. The van der Waals surface area contributed by atoms with E-state index in [0.29, 0.717) is 56.1 Å². The predicted octanol–water partition coefficient (Wildman–Crippen LogP) is 3.51. The number of hydrogen-bond acceptors (Lipinski definition) is 7. The van der Waals surface area contributed by atoms with Crippen molar-refractivity contribution in [1.29, 1.82) is 0 Å². The monoisotopic (exact) mass is 565 g/mol. The fraction of sp³-hybridized carbons (Fsp3) is 0.333. The number of esters is 1. The predicted molar refractivity (Wildman–Crippen MR) is 153 cm³/mol. The summed E-state index contributed by atoms with van der Waals surface area (Å²) in [6.45, 7) is 3.29. The average Bonchev–Trinajstić information content (AvgIpc) is 2.98. The zero-order valence-electron chi connectivity index (χ0n) is 23.0. The molecular formula is C30H35N3O6S. The lowest BCUT2D eigenvalue weighted by Crippen LogP contribution is -2.50. The summed E-state index contributed by atoms with van der Waals surface area (Å²) in [6, 6.07) is 23.6. The first-order valence-corrected chi connectivity index (χ1v) is 14.6. The Morgan fingerprint density at radius 3 is 2.15 bits per heavy atom. The summed E-state index contributed by atoms with van der Waals surface area (Å²) in [7, 11) is -0.609. The summed E-state index contributed by atoms with van der Waals surface area (Å²) < 4.78 is 39.1. The van der Waals surface area contributed by atoms with E-state index < -0.39 is 22.1 Å². The molecule has 10 heteroatoms. The van der Waals surface area contributed by atoms with Gasteiger partial charge in [0.25, 0.3) is 5.91 Å². The van der Waals surface area contributed by atoms with Crippen LogP contribution in [0, 0.1) is 0 Å². The molecule has 1 atom stereocenters. The summed E-state index contributed by atoms with van der Waals surface area (Å²) >= 11 is 0. The van der Waals surface area contributed by atoms with E-state index in [1.807, 2.05) is 41.3 Å². The number of piperazine rings is 1.